The van der Waals surface area contributed by atoms with E-state index in [2.05, 4.69) is 42.6 Å². The van der Waals surface area contributed by atoms with Crippen LogP contribution in [0.25, 0.3) is 0 Å². The highest BCUT2D eigenvalue weighted by atomic mass is 15.2. The molecule has 0 aliphatic carbocycles. The molecule has 1 aliphatic heterocycles. The number of likely N-dealkylation sites (tertiary alicyclic amines) is 1. The average Bonchev–Trinajstić information content (AvgIpc) is 2.66. The molecule has 1 heterocycles. The van der Waals surface area contributed by atoms with Crippen molar-refractivity contribution in [2.45, 2.75) is 26.3 Å². The molecule has 1 fully saturated rings. The molecule has 1 atom stereocenters. The summed E-state index contributed by atoms with van der Waals surface area (Å²) in [6.07, 6.45) is 1.34. The number of likely N-dealkylation sites (N-methyl/N-ethyl adjacent to an activating group) is 3. The van der Waals surface area contributed by atoms with E-state index in [-0.39, 0.29) is 0 Å². The van der Waals surface area contributed by atoms with Gasteiger partial charge in [0.2, 0.25) is 0 Å². The minimum Gasteiger partial charge on any atom is -0.305 e. The second kappa shape index (κ2) is 6.46. The molecule has 0 bridgehead atoms. The van der Waals surface area contributed by atoms with Gasteiger partial charge in [-0.05, 0) is 40.2 Å². The highest BCUT2D eigenvalue weighted by molar-refractivity contribution is 4.80. The Kier molecular flexibility index (Phi) is 5.58. The SMILES string of the molecule is CCN(CC)CCN(C)C1CCN(C)C1. The maximum atomic E-state index is 2.53. The highest BCUT2D eigenvalue weighted by Gasteiger charge is 2.22. The molecule has 0 saturated carbocycles. The fraction of sp³-hybridized carbons (Fsp3) is 1.00. The molecule has 0 aromatic carbocycles. The van der Waals surface area contributed by atoms with Crippen LogP contribution in [0.2, 0.25) is 0 Å². The first-order chi connectivity index (χ1) is 7.17. The lowest BCUT2D eigenvalue weighted by molar-refractivity contribution is 0.198. The molecule has 0 radical (unpaired) electrons. The Hall–Kier alpha value is -0.120. The van der Waals surface area contributed by atoms with Crippen molar-refractivity contribution in [3.05, 3.63) is 0 Å². The number of rotatable bonds is 6. The van der Waals surface area contributed by atoms with E-state index in [4.69, 9.17) is 0 Å². The third kappa shape index (κ3) is 4.09. The van der Waals surface area contributed by atoms with Crippen molar-refractivity contribution in [3.8, 4) is 0 Å². The van der Waals surface area contributed by atoms with Crippen LogP contribution in [0.15, 0.2) is 0 Å². The molecule has 1 unspecified atom stereocenters. The van der Waals surface area contributed by atoms with E-state index in [0.717, 1.165) is 6.04 Å². The Labute approximate surface area is 95.0 Å². The van der Waals surface area contributed by atoms with Crippen molar-refractivity contribution in [3.63, 3.8) is 0 Å². The molecule has 0 spiro atoms. The second-order valence-corrected chi connectivity index (χ2v) is 4.71. The van der Waals surface area contributed by atoms with Crippen LogP contribution in [0.4, 0.5) is 0 Å². The lowest BCUT2D eigenvalue weighted by Gasteiger charge is -2.27. The third-order valence-corrected chi connectivity index (χ3v) is 3.65. The molecular formula is C12H27N3. The molecule has 0 aromatic heterocycles. The quantitative estimate of drug-likeness (QED) is 0.651. The maximum Gasteiger partial charge on any atom is 0.0232 e. The molecule has 0 aromatic rings. The molecule has 3 heteroatoms. The Morgan fingerprint density at radius 2 is 1.87 bits per heavy atom. The van der Waals surface area contributed by atoms with Crippen molar-refractivity contribution >= 4 is 0 Å². The van der Waals surface area contributed by atoms with Crippen molar-refractivity contribution < 1.29 is 0 Å². The molecule has 90 valence electrons. The van der Waals surface area contributed by atoms with Gasteiger partial charge in [0.25, 0.3) is 0 Å². The molecule has 0 amide bonds. The summed E-state index contributed by atoms with van der Waals surface area (Å²) in [6, 6.07) is 0.783. The van der Waals surface area contributed by atoms with Crippen LogP contribution in [0, 0.1) is 0 Å². The van der Waals surface area contributed by atoms with E-state index in [1.807, 2.05) is 0 Å². The van der Waals surface area contributed by atoms with Crippen LogP contribution >= 0.6 is 0 Å². The minimum atomic E-state index is 0.783. The zero-order chi connectivity index (χ0) is 11.3. The Balaban J connectivity index is 2.20. The van der Waals surface area contributed by atoms with Crippen molar-refractivity contribution in [2.75, 3.05) is 53.4 Å². The van der Waals surface area contributed by atoms with E-state index in [1.54, 1.807) is 0 Å². The van der Waals surface area contributed by atoms with Gasteiger partial charge in [-0.25, -0.2) is 0 Å². The van der Waals surface area contributed by atoms with Crippen molar-refractivity contribution in [1.82, 2.24) is 14.7 Å². The Morgan fingerprint density at radius 1 is 1.20 bits per heavy atom. The molecule has 1 saturated heterocycles. The number of nitrogens with zero attached hydrogens (tertiary/aromatic N) is 3. The maximum absolute atomic E-state index is 2.53. The third-order valence-electron chi connectivity index (χ3n) is 3.65. The Morgan fingerprint density at radius 3 is 2.33 bits per heavy atom. The van der Waals surface area contributed by atoms with E-state index in [1.165, 1.54) is 45.7 Å². The topological polar surface area (TPSA) is 9.72 Å². The van der Waals surface area contributed by atoms with Crippen LogP contribution in [0.5, 0.6) is 0 Å². The lowest BCUT2D eigenvalue weighted by Crippen LogP contribution is -2.39. The smallest absolute Gasteiger partial charge is 0.0232 e. The van der Waals surface area contributed by atoms with Crippen LogP contribution < -0.4 is 0 Å². The second-order valence-electron chi connectivity index (χ2n) is 4.71. The van der Waals surface area contributed by atoms with Gasteiger partial charge in [-0.15, -0.1) is 0 Å². The Bertz CT molecular complexity index is 168. The number of hydrogen-bond acceptors (Lipinski definition) is 3. The molecule has 3 nitrogen and oxygen atoms in total. The zero-order valence-corrected chi connectivity index (χ0v) is 10.9. The summed E-state index contributed by atoms with van der Waals surface area (Å²) >= 11 is 0. The first kappa shape index (κ1) is 12.9. The van der Waals surface area contributed by atoms with Crippen molar-refractivity contribution in [1.29, 1.82) is 0 Å². The van der Waals surface area contributed by atoms with Crippen LogP contribution in [-0.4, -0.2) is 74.1 Å². The summed E-state index contributed by atoms with van der Waals surface area (Å²) in [5, 5.41) is 0. The lowest BCUT2D eigenvalue weighted by atomic mass is 10.2. The van der Waals surface area contributed by atoms with Crippen molar-refractivity contribution in [2.24, 2.45) is 0 Å². The molecule has 15 heavy (non-hydrogen) atoms. The fourth-order valence-electron chi connectivity index (χ4n) is 2.29. The van der Waals surface area contributed by atoms with Gasteiger partial charge < -0.3 is 14.7 Å². The standard InChI is InChI=1S/C12H27N3/c1-5-15(6-2)10-9-14(4)12-7-8-13(3)11-12/h12H,5-11H2,1-4H3. The van der Waals surface area contributed by atoms with Crippen LogP contribution in [-0.2, 0) is 0 Å². The highest BCUT2D eigenvalue weighted by Crippen LogP contribution is 2.11. The monoisotopic (exact) mass is 213 g/mol. The summed E-state index contributed by atoms with van der Waals surface area (Å²) < 4.78 is 0. The first-order valence-electron chi connectivity index (χ1n) is 6.28. The van der Waals surface area contributed by atoms with Gasteiger partial charge in [0, 0.05) is 25.7 Å². The van der Waals surface area contributed by atoms with E-state index in [9.17, 15) is 0 Å². The van der Waals surface area contributed by atoms with E-state index in [0.29, 0.717) is 0 Å². The fourth-order valence-corrected chi connectivity index (χ4v) is 2.29. The summed E-state index contributed by atoms with van der Waals surface area (Å²) in [4.78, 5) is 7.45. The van der Waals surface area contributed by atoms with Gasteiger partial charge in [-0.1, -0.05) is 13.8 Å². The van der Waals surface area contributed by atoms with Crippen LogP contribution in [0.1, 0.15) is 20.3 Å². The predicted octanol–water partition coefficient (Wildman–Crippen LogP) is 0.964. The molecule has 1 rings (SSSR count). The van der Waals surface area contributed by atoms with Gasteiger partial charge in [0.1, 0.15) is 0 Å². The largest absolute Gasteiger partial charge is 0.305 e. The van der Waals surface area contributed by atoms with Gasteiger partial charge >= 0.3 is 0 Å². The number of hydrogen-bond donors (Lipinski definition) is 0. The summed E-state index contributed by atoms with van der Waals surface area (Å²) in [6.45, 7) is 11.8. The minimum absolute atomic E-state index is 0.783. The van der Waals surface area contributed by atoms with E-state index >= 15 is 0 Å². The summed E-state index contributed by atoms with van der Waals surface area (Å²) in [5.74, 6) is 0. The average molecular weight is 213 g/mol. The summed E-state index contributed by atoms with van der Waals surface area (Å²) in [5.41, 5.74) is 0. The van der Waals surface area contributed by atoms with Gasteiger partial charge in [0.05, 0.1) is 0 Å². The van der Waals surface area contributed by atoms with Gasteiger partial charge in [-0.2, -0.15) is 0 Å². The van der Waals surface area contributed by atoms with Gasteiger partial charge in [0.15, 0.2) is 0 Å². The van der Waals surface area contributed by atoms with Gasteiger partial charge in [-0.3, -0.25) is 0 Å². The first-order valence-corrected chi connectivity index (χ1v) is 6.28. The van der Waals surface area contributed by atoms with Crippen LogP contribution in [0.3, 0.4) is 0 Å². The molecule has 1 aliphatic rings. The van der Waals surface area contributed by atoms with E-state index < -0.39 is 0 Å². The molecular weight excluding hydrogens is 186 g/mol. The predicted molar refractivity (Wildman–Crippen MR) is 66.3 cm³/mol. The normalized spacial score (nSPS) is 23.2. The summed E-state index contributed by atoms with van der Waals surface area (Å²) in [7, 11) is 4.49. The molecule has 0 N–H and O–H groups in total. The zero-order valence-electron chi connectivity index (χ0n) is 10.9.